The smallest absolute Gasteiger partial charge is 0.182 e. The van der Waals surface area contributed by atoms with Gasteiger partial charge in [-0.05, 0) is 32.5 Å². The summed E-state index contributed by atoms with van der Waals surface area (Å²) in [5.41, 5.74) is 0. The molecular weight excluding hydrogens is 152 g/mol. The van der Waals surface area contributed by atoms with Crippen molar-refractivity contribution in [2.75, 3.05) is 0 Å². The second-order valence-corrected chi connectivity index (χ2v) is 7.75. The molecule has 1 N–H and O–H groups in total. The number of unbranched alkanes of at least 4 members (excludes halogenated alkanes) is 2. The van der Waals surface area contributed by atoms with Gasteiger partial charge in [-0.2, -0.15) is 0 Å². The predicted molar refractivity (Wildman–Crippen MR) is 53.2 cm³/mol. The summed E-state index contributed by atoms with van der Waals surface area (Å²) >= 11 is 0. The Kier molecular flexibility index (Phi) is 5.51. The van der Waals surface area contributed by atoms with Crippen molar-refractivity contribution < 1.29 is 4.80 Å². The highest BCUT2D eigenvalue weighted by molar-refractivity contribution is 6.69. The monoisotopic (exact) mass is 172 g/mol. The van der Waals surface area contributed by atoms with E-state index in [1.165, 1.54) is 19.3 Å². The van der Waals surface area contributed by atoms with Crippen LogP contribution in [0.15, 0.2) is 12.2 Å². The van der Waals surface area contributed by atoms with Crippen LogP contribution in [0.3, 0.4) is 0 Å². The van der Waals surface area contributed by atoms with Gasteiger partial charge in [0.2, 0.25) is 0 Å². The van der Waals surface area contributed by atoms with Gasteiger partial charge in [-0.1, -0.05) is 25.0 Å². The first-order valence-corrected chi connectivity index (χ1v) is 7.55. The van der Waals surface area contributed by atoms with Crippen LogP contribution in [-0.4, -0.2) is 13.1 Å². The molecule has 0 aromatic carbocycles. The minimum atomic E-state index is -1.74. The normalized spacial score (nSPS) is 12.7. The first-order valence-electron chi connectivity index (χ1n) is 4.40. The summed E-state index contributed by atoms with van der Waals surface area (Å²) in [4.78, 5) is 9.50. The first-order chi connectivity index (χ1) is 5.06. The summed E-state index contributed by atoms with van der Waals surface area (Å²) in [5, 5.41) is 0. The van der Waals surface area contributed by atoms with Gasteiger partial charge >= 0.3 is 0 Å². The molecule has 0 bridgehead atoms. The van der Waals surface area contributed by atoms with Crippen LogP contribution < -0.4 is 0 Å². The number of allylic oxidation sites excluding steroid dienone is 2. The Bertz CT molecular complexity index is 113. The van der Waals surface area contributed by atoms with Crippen LogP contribution in [-0.2, 0) is 0 Å². The van der Waals surface area contributed by atoms with E-state index in [1.54, 1.807) is 0 Å². The molecule has 1 nitrogen and oxygen atoms in total. The van der Waals surface area contributed by atoms with Gasteiger partial charge in [-0.3, -0.25) is 0 Å². The zero-order valence-corrected chi connectivity index (χ0v) is 8.93. The molecule has 0 heterocycles. The Morgan fingerprint density at radius 3 is 2.36 bits per heavy atom. The van der Waals surface area contributed by atoms with E-state index in [0.29, 0.717) is 0 Å². The molecule has 0 spiro atoms. The maximum atomic E-state index is 9.50. The van der Waals surface area contributed by atoms with Gasteiger partial charge in [0.25, 0.3) is 0 Å². The van der Waals surface area contributed by atoms with Crippen LogP contribution >= 0.6 is 0 Å². The van der Waals surface area contributed by atoms with Crippen LogP contribution in [0.4, 0.5) is 0 Å². The van der Waals surface area contributed by atoms with Crippen molar-refractivity contribution >= 4 is 8.32 Å². The molecule has 0 saturated heterocycles. The van der Waals surface area contributed by atoms with E-state index in [-0.39, 0.29) is 0 Å². The lowest BCUT2D eigenvalue weighted by Gasteiger charge is -2.12. The van der Waals surface area contributed by atoms with E-state index < -0.39 is 8.32 Å². The van der Waals surface area contributed by atoms with E-state index >= 15 is 0 Å². The van der Waals surface area contributed by atoms with Crippen molar-refractivity contribution in [3.05, 3.63) is 12.2 Å². The van der Waals surface area contributed by atoms with Crippen molar-refractivity contribution in [2.24, 2.45) is 0 Å². The fraction of sp³-hybridized carbons (Fsp3) is 0.778. The number of hydrogen-bond acceptors (Lipinski definition) is 1. The highest BCUT2D eigenvalue weighted by Gasteiger charge is 2.14. The lowest BCUT2D eigenvalue weighted by atomic mass is 10.2. The number of hydrogen-bond donors (Lipinski definition) is 1. The molecule has 0 saturated carbocycles. The summed E-state index contributed by atoms with van der Waals surface area (Å²) in [6.07, 6.45) is 7.84. The Hall–Kier alpha value is -0.0831. The van der Waals surface area contributed by atoms with E-state index in [4.69, 9.17) is 0 Å². The van der Waals surface area contributed by atoms with E-state index in [2.05, 4.69) is 12.2 Å². The van der Waals surface area contributed by atoms with Crippen molar-refractivity contribution in [3.63, 3.8) is 0 Å². The third-order valence-electron chi connectivity index (χ3n) is 1.65. The quantitative estimate of drug-likeness (QED) is 0.384. The number of rotatable bonds is 5. The maximum Gasteiger partial charge on any atom is 0.182 e. The van der Waals surface area contributed by atoms with Crippen molar-refractivity contribution in [2.45, 2.75) is 45.3 Å². The molecule has 0 atom stereocenters. The minimum Gasteiger partial charge on any atom is -0.432 e. The topological polar surface area (TPSA) is 20.2 Å². The molecule has 0 aliphatic carbocycles. The molecular formula is C9H20OSi. The van der Waals surface area contributed by atoms with Gasteiger partial charge in [-0.25, -0.2) is 0 Å². The van der Waals surface area contributed by atoms with Gasteiger partial charge in [-0.15, -0.1) is 0 Å². The largest absolute Gasteiger partial charge is 0.432 e. The molecule has 0 aliphatic heterocycles. The summed E-state index contributed by atoms with van der Waals surface area (Å²) < 4.78 is 0. The van der Waals surface area contributed by atoms with Crippen molar-refractivity contribution in [1.29, 1.82) is 0 Å². The molecule has 0 radical (unpaired) electrons. The second-order valence-electron chi connectivity index (χ2n) is 3.63. The SMILES string of the molecule is CC=CCCCC[Si](C)(C)O. The second kappa shape index (κ2) is 5.55. The first kappa shape index (κ1) is 10.9. The minimum absolute atomic E-state index is 1.05. The van der Waals surface area contributed by atoms with Gasteiger partial charge in [0.05, 0.1) is 0 Å². The van der Waals surface area contributed by atoms with Crippen LogP contribution in [0, 0.1) is 0 Å². The zero-order valence-electron chi connectivity index (χ0n) is 7.93. The molecule has 0 aromatic heterocycles. The third kappa shape index (κ3) is 9.92. The highest BCUT2D eigenvalue weighted by Crippen LogP contribution is 2.11. The van der Waals surface area contributed by atoms with Crippen LogP contribution in [0.2, 0.25) is 19.1 Å². The third-order valence-corrected chi connectivity index (χ3v) is 3.22. The molecule has 0 aliphatic rings. The van der Waals surface area contributed by atoms with Crippen molar-refractivity contribution in [1.82, 2.24) is 0 Å². The average molecular weight is 172 g/mol. The Morgan fingerprint density at radius 2 is 1.91 bits per heavy atom. The van der Waals surface area contributed by atoms with Gasteiger partial charge in [0.15, 0.2) is 8.32 Å². The molecule has 0 fully saturated rings. The van der Waals surface area contributed by atoms with E-state index in [0.717, 1.165) is 6.04 Å². The van der Waals surface area contributed by atoms with Crippen LogP contribution in [0.1, 0.15) is 26.2 Å². The van der Waals surface area contributed by atoms with Crippen LogP contribution in [0.5, 0.6) is 0 Å². The van der Waals surface area contributed by atoms with Gasteiger partial charge in [0, 0.05) is 0 Å². The highest BCUT2D eigenvalue weighted by atomic mass is 28.4. The summed E-state index contributed by atoms with van der Waals surface area (Å²) in [6.45, 7) is 6.05. The molecule has 0 amide bonds. The maximum absolute atomic E-state index is 9.50. The Morgan fingerprint density at radius 1 is 1.27 bits per heavy atom. The van der Waals surface area contributed by atoms with Crippen molar-refractivity contribution in [3.8, 4) is 0 Å². The lowest BCUT2D eigenvalue weighted by molar-refractivity contribution is 0.541. The standard InChI is InChI=1S/C9H20OSi/c1-4-5-6-7-8-9-11(2,3)10/h4-5,10H,6-9H2,1-3H3. The lowest BCUT2D eigenvalue weighted by Crippen LogP contribution is -2.23. The predicted octanol–water partition coefficient (Wildman–Crippen LogP) is 2.93. The van der Waals surface area contributed by atoms with Gasteiger partial charge < -0.3 is 4.80 Å². The van der Waals surface area contributed by atoms with Gasteiger partial charge in [0.1, 0.15) is 0 Å². The Labute approximate surface area is 71.3 Å². The molecule has 0 aromatic rings. The summed E-state index contributed by atoms with van der Waals surface area (Å²) in [5.74, 6) is 0. The fourth-order valence-electron chi connectivity index (χ4n) is 0.986. The molecule has 11 heavy (non-hydrogen) atoms. The van der Waals surface area contributed by atoms with E-state index in [1.807, 2.05) is 20.0 Å². The summed E-state index contributed by atoms with van der Waals surface area (Å²) in [7, 11) is -1.74. The zero-order chi connectivity index (χ0) is 8.74. The summed E-state index contributed by atoms with van der Waals surface area (Å²) in [6, 6.07) is 1.05. The Balaban J connectivity index is 3.15. The average Bonchev–Trinajstić information content (AvgIpc) is 1.85. The molecule has 0 unspecified atom stereocenters. The van der Waals surface area contributed by atoms with Crippen LogP contribution in [0.25, 0.3) is 0 Å². The molecule has 0 rings (SSSR count). The van der Waals surface area contributed by atoms with E-state index in [9.17, 15) is 4.80 Å². The fourth-order valence-corrected chi connectivity index (χ4v) is 2.10. The molecule has 2 heteroatoms. The molecule has 66 valence electrons.